The Labute approximate surface area is 102 Å². The van der Waals surface area contributed by atoms with E-state index in [1.54, 1.807) is 30.3 Å². The van der Waals surface area contributed by atoms with Gasteiger partial charge in [-0.25, -0.2) is 4.99 Å². The number of nitriles is 5. The molecule has 7 nitrogen and oxygen atoms in total. The van der Waals surface area contributed by atoms with E-state index in [2.05, 4.69) is 4.99 Å². The molecule has 0 aliphatic carbocycles. The molecule has 7 heteroatoms. The van der Waals surface area contributed by atoms with E-state index in [4.69, 9.17) is 32.0 Å². The minimum absolute atomic E-state index is 0.158. The summed E-state index contributed by atoms with van der Waals surface area (Å²) in [6, 6.07) is 8.25. The summed E-state index contributed by atoms with van der Waals surface area (Å²) in [6.45, 7) is 0. The fraction of sp³-hybridized carbons (Fsp3) is 0.0909. The summed E-state index contributed by atoms with van der Waals surface area (Å²) >= 11 is 0. The van der Waals surface area contributed by atoms with Gasteiger partial charge in [0.25, 0.3) is 0 Å². The van der Waals surface area contributed by atoms with E-state index in [1.165, 1.54) is 0 Å². The van der Waals surface area contributed by atoms with E-state index in [9.17, 15) is 0 Å². The number of allylic oxidation sites excluding steroid dienone is 2. The Kier molecular flexibility index (Phi) is 3.43. The molecule has 0 saturated heterocycles. The first-order valence-electron chi connectivity index (χ1n) is 4.47. The zero-order chi connectivity index (χ0) is 13.7. The third kappa shape index (κ3) is 1.74. The van der Waals surface area contributed by atoms with Gasteiger partial charge < -0.3 is 5.73 Å². The Morgan fingerprint density at radius 2 is 1.56 bits per heavy atom. The molecule has 18 heavy (non-hydrogen) atoms. The van der Waals surface area contributed by atoms with Crippen molar-refractivity contribution >= 4 is 5.84 Å². The van der Waals surface area contributed by atoms with E-state index in [0.29, 0.717) is 0 Å². The summed E-state index contributed by atoms with van der Waals surface area (Å²) < 4.78 is 0. The molecule has 1 aliphatic heterocycles. The quantitative estimate of drug-likeness (QED) is 0.634. The summed E-state index contributed by atoms with van der Waals surface area (Å²) in [5.41, 5.74) is 4.61. The number of aliphatic imine (C=N–C) groups is 1. The van der Waals surface area contributed by atoms with Gasteiger partial charge in [-0.05, 0) is 0 Å². The molecule has 0 aromatic carbocycles. The molecule has 82 valence electrons. The molecule has 0 unspecified atom stereocenters. The van der Waals surface area contributed by atoms with Crippen LogP contribution in [0.4, 0.5) is 0 Å². The first kappa shape index (κ1) is 12.5. The highest BCUT2D eigenvalue weighted by molar-refractivity contribution is 6.06. The van der Waals surface area contributed by atoms with Gasteiger partial charge in [0.2, 0.25) is 0 Å². The van der Waals surface area contributed by atoms with Crippen molar-refractivity contribution in [3.05, 3.63) is 22.4 Å². The summed E-state index contributed by atoms with van der Waals surface area (Å²) in [6.07, 6.45) is 0. The van der Waals surface area contributed by atoms with Crippen molar-refractivity contribution < 1.29 is 0 Å². The first-order chi connectivity index (χ1) is 8.64. The molecule has 0 spiro atoms. The molecule has 2 N–H and O–H groups in total. The second-order valence-electron chi connectivity index (χ2n) is 3.04. The van der Waals surface area contributed by atoms with Crippen molar-refractivity contribution in [1.29, 1.82) is 26.3 Å². The highest BCUT2D eigenvalue weighted by Gasteiger charge is 2.28. The highest BCUT2D eigenvalue weighted by Crippen LogP contribution is 2.28. The lowest BCUT2D eigenvalue weighted by Crippen LogP contribution is -2.10. The van der Waals surface area contributed by atoms with Gasteiger partial charge in [-0.15, -0.1) is 0 Å². The second-order valence-corrected chi connectivity index (χ2v) is 3.04. The fourth-order valence-corrected chi connectivity index (χ4v) is 1.31. The maximum atomic E-state index is 8.94. The van der Waals surface area contributed by atoms with Crippen molar-refractivity contribution in [2.75, 3.05) is 0 Å². The number of amidine groups is 1. The summed E-state index contributed by atoms with van der Waals surface area (Å²) in [5.74, 6) is -1.56. The minimum Gasteiger partial charge on any atom is -0.383 e. The van der Waals surface area contributed by atoms with Crippen LogP contribution in [0, 0.1) is 62.6 Å². The Morgan fingerprint density at radius 1 is 1.00 bits per heavy atom. The number of nitrogens with two attached hydrogens (primary N) is 1. The molecule has 0 bridgehead atoms. The molecule has 0 atom stereocenters. The lowest BCUT2D eigenvalue weighted by molar-refractivity contribution is 1.01. The molecule has 0 radical (unpaired) electrons. The molecule has 0 amide bonds. The van der Waals surface area contributed by atoms with Gasteiger partial charge >= 0.3 is 0 Å². The molecule has 0 saturated carbocycles. The molecule has 0 aromatic heterocycles. The van der Waals surface area contributed by atoms with Crippen LogP contribution in [0.3, 0.4) is 0 Å². The third-order valence-electron chi connectivity index (χ3n) is 2.12. The Balaban J connectivity index is 3.64. The number of rotatable bonds is 1. The molecule has 1 aliphatic rings. The Morgan fingerprint density at radius 3 is 1.94 bits per heavy atom. The van der Waals surface area contributed by atoms with E-state index in [-0.39, 0.29) is 28.3 Å². The van der Waals surface area contributed by atoms with Gasteiger partial charge in [-0.2, -0.15) is 26.3 Å². The maximum Gasteiger partial charge on any atom is 0.170 e. The SMILES string of the molecule is N#CC1=C(C#N)C(=C(C#N)C(C#N)C#N)N=C1N. The third-order valence-corrected chi connectivity index (χ3v) is 2.12. The average molecular weight is 233 g/mol. The van der Waals surface area contributed by atoms with Crippen molar-refractivity contribution in [2.45, 2.75) is 0 Å². The maximum absolute atomic E-state index is 8.94. The standard InChI is InChI=1S/C11H3N7/c12-1-6(2-13)7(3-14)10-8(4-15)9(5-16)11(17)18-10/h6H,(H2,17,18). The van der Waals surface area contributed by atoms with Gasteiger partial charge in [0.05, 0.1) is 23.8 Å². The molecule has 1 rings (SSSR count). The topological polar surface area (TPSA) is 157 Å². The van der Waals surface area contributed by atoms with Crippen LogP contribution in [0.15, 0.2) is 27.4 Å². The van der Waals surface area contributed by atoms with Crippen LogP contribution in [0.2, 0.25) is 0 Å². The van der Waals surface area contributed by atoms with Crippen LogP contribution in [0.5, 0.6) is 0 Å². The number of hydrogen-bond donors (Lipinski definition) is 1. The summed E-state index contributed by atoms with van der Waals surface area (Å²) in [4.78, 5) is 3.71. The monoisotopic (exact) mass is 233 g/mol. The van der Waals surface area contributed by atoms with E-state index in [0.717, 1.165) is 0 Å². The Hall–Kier alpha value is -3.60. The number of nitrogens with zero attached hydrogens (tertiary/aromatic N) is 6. The summed E-state index contributed by atoms with van der Waals surface area (Å²) in [7, 11) is 0. The van der Waals surface area contributed by atoms with Crippen LogP contribution in [0.25, 0.3) is 0 Å². The predicted octanol–water partition coefficient (Wildman–Crippen LogP) is 0.142. The Bertz CT molecular complexity index is 687. The predicted molar refractivity (Wildman–Crippen MR) is 57.2 cm³/mol. The molecule has 0 aromatic rings. The van der Waals surface area contributed by atoms with E-state index in [1.807, 2.05) is 0 Å². The molecule has 1 heterocycles. The van der Waals surface area contributed by atoms with E-state index >= 15 is 0 Å². The van der Waals surface area contributed by atoms with Crippen LogP contribution < -0.4 is 5.73 Å². The van der Waals surface area contributed by atoms with E-state index < -0.39 is 5.92 Å². The normalized spacial score (nSPS) is 15.9. The van der Waals surface area contributed by atoms with Crippen LogP contribution in [0.1, 0.15) is 0 Å². The van der Waals surface area contributed by atoms with Gasteiger partial charge in [-0.1, -0.05) is 0 Å². The molecular weight excluding hydrogens is 230 g/mol. The van der Waals surface area contributed by atoms with Crippen LogP contribution in [-0.4, -0.2) is 5.84 Å². The smallest absolute Gasteiger partial charge is 0.170 e. The van der Waals surface area contributed by atoms with Crippen molar-refractivity contribution in [3.8, 4) is 30.3 Å². The zero-order valence-corrected chi connectivity index (χ0v) is 8.84. The second kappa shape index (κ2) is 4.95. The van der Waals surface area contributed by atoms with Gasteiger partial charge in [0.15, 0.2) is 5.92 Å². The first-order valence-corrected chi connectivity index (χ1v) is 4.47. The molecule has 0 fully saturated rings. The highest BCUT2D eigenvalue weighted by atomic mass is 14.9. The van der Waals surface area contributed by atoms with Gasteiger partial charge in [0, 0.05) is 0 Å². The van der Waals surface area contributed by atoms with Crippen molar-refractivity contribution in [3.63, 3.8) is 0 Å². The average Bonchev–Trinajstić information content (AvgIpc) is 2.71. The molecular formula is C11H3N7. The van der Waals surface area contributed by atoms with Gasteiger partial charge in [0.1, 0.15) is 34.8 Å². The van der Waals surface area contributed by atoms with Crippen molar-refractivity contribution in [1.82, 2.24) is 0 Å². The minimum atomic E-state index is -1.36. The zero-order valence-electron chi connectivity index (χ0n) is 8.84. The number of hydrogen-bond acceptors (Lipinski definition) is 7. The van der Waals surface area contributed by atoms with Gasteiger partial charge in [-0.3, -0.25) is 0 Å². The van der Waals surface area contributed by atoms with Crippen LogP contribution >= 0.6 is 0 Å². The largest absolute Gasteiger partial charge is 0.383 e. The fourth-order valence-electron chi connectivity index (χ4n) is 1.31. The lowest BCUT2D eigenvalue weighted by atomic mass is 9.97. The van der Waals surface area contributed by atoms with Crippen LogP contribution in [-0.2, 0) is 0 Å². The van der Waals surface area contributed by atoms with Crippen molar-refractivity contribution in [2.24, 2.45) is 16.6 Å². The summed E-state index contributed by atoms with van der Waals surface area (Å²) in [5, 5.41) is 44.1. The lowest BCUT2D eigenvalue weighted by Gasteiger charge is -2.00.